The number of nitrogens with zero attached hydrogens (tertiary/aromatic N) is 3. The number of hydrogen-bond donors (Lipinski definition) is 3. The number of hydrogen-bond acceptors (Lipinski definition) is 7. The predicted molar refractivity (Wildman–Crippen MR) is 132 cm³/mol. The summed E-state index contributed by atoms with van der Waals surface area (Å²) in [5.74, 6) is 0.451. The van der Waals surface area contributed by atoms with Gasteiger partial charge in [0.2, 0.25) is 10.0 Å². The van der Waals surface area contributed by atoms with Gasteiger partial charge in [0.05, 0.1) is 23.7 Å². The van der Waals surface area contributed by atoms with Gasteiger partial charge in [-0.2, -0.15) is 5.10 Å². The van der Waals surface area contributed by atoms with Crippen LogP contribution in [0.15, 0.2) is 73.2 Å². The Morgan fingerprint density at radius 2 is 1.94 bits per heavy atom. The van der Waals surface area contributed by atoms with Gasteiger partial charge >= 0.3 is 0 Å². The summed E-state index contributed by atoms with van der Waals surface area (Å²) in [6.07, 6.45) is 5.43. The molecule has 1 amide bonds. The topological polar surface area (TPSA) is 135 Å². The van der Waals surface area contributed by atoms with Gasteiger partial charge in [-0.05, 0) is 48.0 Å². The van der Waals surface area contributed by atoms with Crippen LogP contribution in [-0.2, 0) is 16.6 Å². The van der Waals surface area contributed by atoms with Crippen molar-refractivity contribution in [2.24, 2.45) is 0 Å². The van der Waals surface area contributed by atoms with Crippen molar-refractivity contribution in [3.8, 4) is 17.3 Å². The van der Waals surface area contributed by atoms with Crippen LogP contribution in [0.2, 0.25) is 5.02 Å². The van der Waals surface area contributed by atoms with E-state index in [2.05, 4.69) is 20.1 Å². The van der Waals surface area contributed by atoms with E-state index in [0.717, 1.165) is 11.8 Å². The average Bonchev–Trinajstić information content (AvgIpc) is 3.27. The maximum Gasteiger partial charge on any atom is 0.258 e. The van der Waals surface area contributed by atoms with Gasteiger partial charge in [0, 0.05) is 23.1 Å². The molecule has 2 aromatic carbocycles. The lowest BCUT2D eigenvalue weighted by atomic mass is 10.2. The first-order chi connectivity index (χ1) is 16.7. The van der Waals surface area contributed by atoms with Crippen molar-refractivity contribution in [2.75, 3.05) is 16.3 Å². The number of aromatic nitrogens is 3. The number of phenolic OH excluding ortho intramolecular Hbond substituents is 1. The predicted octanol–water partition coefficient (Wildman–Crippen LogP) is 3.83. The number of sulfonamides is 1. The van der Waals surface area contributed by atoms with Crippen LogP contribution in [0, 0.1) is 0 Å². The molecule has 0 atom stereocenters. The van der Waals surface area contributed by atoms with Gasteiger partial charge in [-0.1, -0.05) is 23.7 Å². The molecule has 0 aliphatic carbocycles. The molecule has 10 nitrogen and oxygen atoms in total. The fraction of sp³-hybridized carbons (Fsp3) is 0.0870. The summed E-state index contributed by atoms with van der Waals surface area (Å²) in [7, 11) is -3.51. The highest BCUT2D eigenvalue weighted by atomic mass is 35.5. The molecule has 0 radical (unpaired) electrons. The molecule has 2 aromatic heterocycles. The van der Waals surface area contributed by atoms with Crippen LogP contribution >= 0.6 is 11.6 Å². The van der Waals surface area contributed by atoms with Crippen molar-refractivity contribution >= 4 is 38.9 Å². The zero-order valence-electron chi connectivity index (χ0n) is 18.3. The smallest absolute Gasteiger partial charge is 0.258 e. The van der Waals surface area contributed by atoms with E-state index in [1.165, 1.54) is 35.3 Å². The number of phenols is 1. The van der Waals surface area contributed by atoms with Gasteiger partial charge in [-0.3, -0.25) is 9.52 Å². The molecule has 0 saturated carbocycles. The standard InChI is InChI=1S/C23H20ClN5O5S/c1-35(32,33)28-19-10-17(24)9-18(11-19)27-23(31)16-12-26-29(13-16)22-21(6-3-7-25-22)34-14-15-4-2-5-20(30)8-15/h2-13,28,30H,14H2,1H3,(H,27,31). The number of nitrogens with one attached hydrogen (secondary N) is 2. The van der Waals surface area contributed by atoms with Gasteiger partial charge in [0.1, 0.15) is 12.4 Å². The zero-order valence-corrected chi connectivity index (χ0v) is 19.9. The van der Waals surface area contributed by atoms with Crippen molar-refractivity contribution < 1.29 is 23.1 Å². The first-order valence-electron chi connectivity index (χ1n) is 10.2. The SMILES string of the molecule is CS(=O)(=O)Nc1cc(Cl)cc(NC(=O)c2cnn(-c3ncccc3OCc3cccc(O)c3)c2)c1. The van der Waals surface area contributed by atoms with Gasteiger partial charge in [0.25, 0.3) is 5.91 Å². The Balaban J connectivity index is 1.50. The molecule has 0 saturated heterocycles. The number of halogens is 1. The van der Waals surface area contributed by atoms with Crippen molar-refractivity contribution in [3.63, 3.8) is 0 Å². The van der Waals surface area contributed by atoms with E-state index in [9.17, 15) is 18.3 Å². The summed E-state index contributed by atoms with van der Waals surface area (Å²) in [6, 6.07) is 14.5. The zero-order chi connectivity index (χ0) is 25.0. The molecule has 0 bridgehead atoms. The van der Waals surface area contributed by atoms with E-state index in [-0.39, 0.29) is 28.6 Å². The Hall–Kier alpha value is -4.09. The molecule has 0 fully saturated rings. The van der Waals surface area contributed by atoms with Crippen LogP contribution in [0.25, 0.3) is 5.82 Å². The maximum atomic E-state index is 12.8. The van der Waals surface area contributed by atoms with Crippen LogP contribution in [-0.4, -0.2) is 40.5 Å². The molecule has 35 heavy (non-hydrogen) atoms. The molecule has 12 heteroatoms. The normalized spacial score (nSPS) is 11.1. The number of amides is 1. The van der Waals surface area contributed by atoms with Gasteiger partial charge in [0.15, 0.2) is 11.6 Å². The second kappa shape index (κ2) is 10.0. The van der Waals surface area contributed by atoms with E-state index < -0.39 is 15.9 Å². The minimum absolute atomic E-state index is 0.138. The summed E-state index contributed by atoms with van der Waals surface area (Å²) in [5.41, 5.74) is 1.51. The van der Waals surface area contributed by atoms with E-state index >= 15 is 0 Å². The Labute approximate surface area is 206 Å². The average molecular weight is 514 g/mol. The van der Waals surface area contributed by atoms with E-state index in [4.69, 9.17) is 16.3 Å². The monoisotopic (exact) mass is 513 g/mol. The fourth-order valence-electron chi connectivity index (χ4n) is 3.17. The molecule has 0 aliphatic rings. The minimum Gasteiger partial charge on any atom is -0.508 e. The summed E-state index contributed by atoms with van der Waals surface area (Å²) >= 11 is 6.05. The Bertz CT molecular complexity index is 1490. The van der Waals surface area contributed by atoms with Crippen LogP contribution in [0.1, 0.15) is 15.9 Å². The third-order valence-corrected chi connectivity index (χ3v) is 5.40. The molecular weight excluding hydrogens is 494 g/mol. The quantitative estimate of drug-likeness (QED) is 0.326. The highest BCUT2D eigenvalue weighted by Gasteiger charge is 2.15. The highest BCUT2D eigenvalue weighted by Crippen LogP contribution is 2.25. The number of carbonyl (C=O) groups is 1. The number of rotatable bonds is 8. The van der Waals surface area contributed by atoms with Gasteiger partial charge in [-0.25, -0.2) is 18.1 Å². The number of carbonyl (C=O) groups excluding carboxylic acids is 1. The second-order valence-corrected chi connectivity index (χ2v) is 9.70. The fourth-order valence-corrected chi connectivity index (χ4v) is 3.95. The Morgan fingerprint density at radius 1 is 1.14 bits per heavy atom. The lowest BCUT2D eigenvalue weighted by Crippen LogP contribution is -2.13. The largest absolute Gasteiger partial charge is 0.508 e. The molecular formula is C23H20ClN5O5S. The van der Waals surface area contributed by atoms with E-state index in [1.807, 2.05) is 6.07 Å². The van der Waals surface area contributed by atoms with Crippen LogP contribution in [0.4, 0.5) is 11.4 Å². The number of pyridine rings is 1. The maximum absolute atomic E-state index is 12.8. The summed E-state index contributed by atoms with van der Waals surface area (Å²) in [5, 5.41) is 16.8. The van der Waals surface area contributed by atoms with Crippen LogP contribution in [0.3, 0.4) is 0 Å². The van der Waals surface area contributed by atoms with Gasteiger partial charge in [-0.15, -0.1) is 0 Å². The number of benzene rings is 2. The molecule has 0 spiro atoms. The molecule has 4 aromatic rings. The number of anilines is 2. The molecule has 0 unspecified atom stereocenters. The molecule has 180 valence electrons. The van der Waals surface area contributed by atoms with Crippen molar-refractivity contribution in [1.29, 1.82) is 0 Å². The van der Waals surface area contributed by atoms with Crippen molar-refractivity contribution in [3.05, 3.63) is 89.3 Å². The summed E-state index contributed by atoms with van der Waals surface area (Å²) < 4.78 is 32.6. The Kier molecular flexibility index (Phi) is 6.90. The van der Waals surface area contributed by atoms with E-state index in [0.29, 0.717) is 17.3 Å². The van der Waals surface area contributed by atoms with Crippen molar-refractivity contribution in [2.45, 2.75) is 6.61 Å². The molecule has 4 rings (SSSR count). The lowest BCUT2D eigenvalue weighted by molar-refractivity contribution is 0.102. The number of aromatic hydroxyl groups is 1. The van der Waals surface area contributed by atoms with Crippen LogP contribution < -0.4 is 14.8 Å². The molecule has 0 aliphatic heterocycles. The van der Waals surface area contributed by atoms with Gasteiger partial charge < -0.3 is 15.2 Å². The Morgan fingerprint density at radius 3 is 2.71 bits per heavy atom. The van der Waals surface area contributed by atoms with E-state index in [1.54, 1.807) is 36.5 Å². The summed E-state index contributed by atoms with van der Waals surface area (Å²) in [6.45, 7) is 0.195. The third-order valence-electron chi connectivity index (χ3n) is 4.58. The molecule has 3 N–H and O–H groups in total. The number of ether oxygens (including phenoxy) is 1. The first kappa shape index (κ1) is 24.0. The minimum atomic E-state index is -3.51. The van der Waals surface area contributed by atoms with Crippen molar-refractivity contribution in [1.82, 2.24) is 14.8 Å². The first-order valence-corrected chi connectivity index (χ1v) is 12.4. The lowest BCUT2D eigenvalue weighted by Gasteiger charge is -2.10. The third kappa shape index (κ3) is 6.49. The highest BCUT2D eigenvalue weighted by molar-refractivity contribution is 7.92. The van der Waals surface area contributed by atoms with Crippen LogP contribution in [0.5, 0.6) is 11.5 Å². The second-order valence-electron chi connectivity index (χ2n) is 7.51. The summed E-state index contributed by atoms with van der Waals surface area (Å²) in [4.78, 5) is 17.1. The molecule has 2 heterocycles.